The van der Waals surface area contributed by atoms with E-state index in [-0.39, 0.29) is 35.5 Å². The van der Waals surface area contributed by atoms with Gasteiger partial charge in [-0.3, -0.25) is 19.8 Å². The summed E-state index contributed by atoms with van der Waals surface area (Å²) in [5.41, 5.74) is 2.02. The van der Waals surface area contributed by atoms with E-state index < -0.39 is 4.92 Å². The van der Waals surface area contributed by atoms with E-state index in [9.17, 15) is 14.9 Å². The van der Waals surface area contributed by atoms with Crippen LogP contribution in [0.4, 0.5) is 5.69 Å². The molecule has 4 rings (SSSR count). The number of halogens is 2. The molecule has 1 aromatic heterocycles. The Morgan fingerprint density at radius 1 is 1.03 bits per heavy atom. The summed E-state index contributed by atoms with van der Waals surface area (Å²) in [7, 11) is 0. The smallest absolute Gasteiger partial charge is 0.334 e. The van der Waals surface area contributed by atoms with Gasteiger partial charge >= 0.3 is 5.69 Å². The lowest BCUT2D eigenvalue weighted by Crippen LogP contribution is -2.50. The molecule has 0 radical (unpaired) electrons. The van der Waals surface area contributed by atoms with E-state index in [0.717, 1.165) is 11.1 Å². The van der Waals surface area contributed by atoms with E-state index in [0.29, 0.717) is 36.2 Å². The fourth-order valence-corrected chi connectivity index (χ4v) is 4.40. The molecule has 2 heterocycles. The van der Waals surface area contributed by atoms with Crippen LogP contribution in [0.25, 0.3) is 0 Å². The fourth-order valence-electron chi connectivity index (χ4n) is 4.15. The van der Waals surface area contributed by atoms with Crippen molar-refractivity contribution in [1.29, 1.82) is 0 Å². The highest BCUT2D eigenvalue weighted by Crippen LogP contribution is 2.31. The largest absolute Gasteiger partial charge is 0.354 e. The molecule has 8 nitrogen and oxygen atoms in total. The zero-order valence-corrected chi connectivity index (χ0v) is 19.4. The van der Waals surface area contributed by atoms with Crippen LogP contribution in [0.2, 0.25) is 10.0 Å². The maximum Gasteiger partial charge on any atom is 0.334 e. The molecule has 1 fully saturated rings. The zero-order valence-electron chi connectivity index (χ0n) is 17.9. The number of aryl methyl sites for hydroxylation is 1. The molecule has 1 amide bonds. The van der Waals surface area contributed by atoms with Gasteiger partial charge in [0.1, 0.15) is 0 Å². The van der Waals surface area contributed by atoms with Crippen molar-refractivity contribution in [3.8, 4) is 0 Å². The number of carbonyl (C=O) groups excluding carboxylic acids is 1. The first-order valence-electron chi connectivity index (χ1n) is 10.5. The quantitative estimate of drug-likeness (QED) is 0.369. The summed E-state index contributed by atoms with van der Waals surface area (Å²) >= 11 is 12.2. The number of piperazine rings is 1. The minimum atomic E-state index is -0.560. The lowest BCUT2D eigenvalue weighted by Gasteiger charge is -2.39. The van der Waals surface area contributed by atoms with Gasteiger partial charge in [0, 0.05) is 43.1 Å². The van der Waals surface area contributed by atoms with Gasteiger partial charge in [0.25, 0.3) is 0 Å². The van der Waals surface area contributed by atoms with Crippen molar-refractivity contribution in [1.82, 2.24) is 15.0 Å². The molecule has 3 aromatic rings. The maximum atomic E-state index is 12.8. The Morgan fingerprint density at radius 3 is 2.03 bits per heavy atom. The molecule has 1 saturated heterocycles. The molecule has 33 heavy (non-hydrogen) atoms. The van der Waals surface area contributed by atoms with Crippen LogP contribution >= 0.6 is 23.2 Å². The molecule has 0 bridgehead atoms. The summed E-state index contributed by atoms with van der Waals surface area (Å²) in [4.78, 5) is 27.5. The zero-order chi connectivity index (χ0) is 23.5. The standard InChI is InChI=1S/C23H22Cl2N4O4/c1-15-22(29(31)32)20(26-33-15)14-21(30)27-10-12-28(13-11-27)23(16-2-6-18(24)7-3-16)17-4-8-19(25)9-5-17/h2-9,23H,10-14H2,1H3. The van der Waals surface area contributed by atoms with Gasteiger partial charge in [0.15, 0.2) is 5.69 Å². The highest BCUT2D eigenvalue weighted by molar-refractivity contribution is 6.30. The van der Waals surface area contributed by atoms with E-state index in [1.165, 1.54) is 6.92 Å². The van der Waals surface area contributed by atoms with Gasteiger partial charge in [0.2, 0.25) is 11.7 Å². The summed E-state index contributed by atoms with van der Waals surface area (Å²) in [6.45, 7) is 3.75. The van der Waals surface area contributed by atoms with Crippen LogP contribution in [0, 0.1) is 17.0 Å². The molecule has 0 spiro atoms. The Labute approximate surface area is 200 Å². The van der Waals surface area contributed by atoms with E-state index in [4.69, 9.17) is 27.7 Å². The normalized spacial score (nSPS) is 14.6. The number of nitrogens with zero attached hydrogens (tertiary/aromatic N) is 4. The van der Waals surface area contributed by atoms with Crippen LogP contribution in [0.3, 0.4) is 0 Å². The average Bonchev–Trinajstić information content (AvgIpc) is 3.17. The first-order valence-corrected chi connectivity index (χ1v) is 11.2. The molecule has 0 N–H and O–H groups in total. The van der Waals surface area contributed by atoms with Gasteiger partial charge in [-0.05, 0) is 35.4 Å². The van der Waals surface area contributed by atoms with Gasteiger partial charge in [-0.15, -0.1) is 0 Å². The summed E-state index contributed by atoms with van der Waals surface area (Å²) in [6.07, 6.45) is -0.161. The highest BCUT2D eigenvalue weighted by atomic mass is 35.5. The molecule has 1 aliphatic rings. The van der Waals surface area contributed by atoms with Crippen molar-refractivity contribution in [2.45, 2.75) is 19.4 Å². The Morgan fingerprint density at radius 2 is 1.55 bits per heavy atom. The van der Waals surface area contributed by atoms with Crippen molar-refractivity contribution < 1.29 is 14.2 Å². The summed E-state index contributed by atoms with van der Waals surface area (Å²) in [6, 6.07) is 15.5. The predicted molar refractivity (Wildman–Crippen MR) is 124 cm³/mol. The third-order valence-corrected chi connectivity index (χ3v) is 6.31. The monoisotopic (exact) mass is 488 g/mol. The minimum Gasteiger partial charge on any atom is -0.354 e. The number of hydrogen-bond acceptors (Lipinski definition) is 6. The SMILES string of the molecule is Cc1onc(CC(=O)N2CCN(C(c3ccc(Cl)cc3)c3ccc(Cl)cc3)CC2)c1[N+](=O)[O-]. The van der Waals surface area contributed by atoms with E-state index in [1.807, 2.05) is 48.5 Å². The molecule has 1 aliphatic heterocycles. The summed E-state index contributed by atoms with van der Waals surface area (Å²) in [5, 5.41) is 16.3. The second-order valence-electron chi connectivity index (χ2n) is 7.89. The van der Waals surface area contributed by atoms with Crippen molar-refractivity contribution >= 4 is 34.8 Å². The Hall–Kier alpha value is -2.94. The number of benzene rings is 2. The maximum absolute atomic E-state index is 12.8. The van der Waals surface area contributed by atoms with Crippen LogP contribution < -0.4 is 0 Å². The first-order chi connectivity index (χ1) is 15.8. The molecular formula is C23H22Cl2N4O4. The number of aromatic nitrogens is 1. The summed E-state index contributed by atoms with van der Waals surface area (Å²) < 4.78 is 4.92. The van der Waals surface area contributed by atoms with Crippen molar-refractivity contribution in [2.24, 2.45) is 0 Å². The third-order valence-electron chi connectivity index (χ3n) is 5.80. The molecule has 2 aromatic carbocycles. The Bertz CT molecular complexity index is 1090. The number of amides is 1. The minimum absolute atomic E-state index is 0.0175. The van der Waals surface area contributed by atoms with Crippen LogP contribution in [-0.4, -0.2) is 52.0 Å². The van der Waals surface area contributed by atoms with E-state index in [2.05, 4.69) is 10.1 Å². The van der Waals surface area contributed by atoms with E-state index >= 15 is 0 Å². The lowest BCUT2D eigenvalue weighted by atomic mass is 9.96. The van der Waals surface area contributed by atoms with Crippen LogP contribution in [0.5, 0.6) is 0 Å². The molecular weight excluding hydrogens is 467 g/mol. The van der Waals surface area contributed by atoms with Gasteiger partial charge in [-0.25, -0.2) is 0 Å². The predicted octanol–water partition coefficient (Wildman–Crippen LogP) is 4.67. The second-order valence-corrected chi connectivity index (χ2v) is 8.76. The topological polar surface area (TPSA) is 92.7 Å². The third kappa shape index (κ3) is 5.19. The molecule has 0 atom stereocenters. The van der Waals surface area contributed by atoms with Crippen LogP contribution in [-0.2, 0) is 11.2 Å². The fraction of sp³-hybridized carbons (Fsp3) is 0.304. The van der Waals surface area contributed by atoms with Gasteiger partial charge in [-0.2, -0.15) is 0 Å². The summed E-state index contributed by atoms with van der Waals surface area (Å²) in [5.74, 6) is -0.109. The van der Waals surface area contributed by atoms with Gasteiger partial charge < -0.3 is 9.42 Å². The highest BCUT2D eigenvalue weighted by Gasteiger charge is 2.31. The first kappa shape index (κ1) is 23.2. The Kier molecular flexibility index (Phi) is 6.97. The van der Waals surface area contributed by atoms with Gasteiger partial charge in [0.05, 0.1) is 17.4 Å². The number of nitro groups is 1. The number of carbonyl (C=O) groups is 1. The van der Waals surface area contributed by atoms with Crippen LogP contribution in [0.1, 0.15) is 28.6 Å². The molecule has 0 saturated carbocycles. The van der Waals surface area contributed by atoms with E-state index in [1.54, 1.807) is 4.90 Å². The molecule has 10 heteroatoms. The molecule has 172 valence electrons. The second kappa shape index (κ2) is 9.91. The van der Waals surface area contributed by atoms with Gasteiger partial charge in [-0.1, -0.05) is 52.6 Å². The molecule has 0 unspecified atom stereocenters. The van der Waals surface area contributed by atoms with Crippen LogP contribution in [0.15, 0.2) is 53.1 Å². The van der Waals surface area contributed by atoms with Crippen molar-refractivity contribution in [3.63, 3.8) is 0 Å². The molecule has 0 aliphatic carbocycles. The van der Waals surface area contributed by atoms with Crippen molar-refractivity contribution in [3.05, 3.63) is 91.3 Å². The number of rotatable bonds is 6. The van der Waals surface area contributed by atoms with Crippen molar-refractivity contribution in [2.75, 3.05) is 26.2 Å². The average molecular weight is 489 g/mol. The lowest BCUT2D eigenvalue weighted by molar-refractivity contribution is -0.386. The Balaban J connectivity index is 1.48. The number of hydrogen-bond donors (Lipinski definition) is 0.